The number of rotatable bonds is 5. The molecule has 2 aromatic carbocycles. The minimum Gasteiger partial charge on any atom is -0.478 e. The van der Waals surface area contributed by atoms with E-state index >= 15 is 0 Å². The lowest BCUT2D eigenvalue weighted by Gasteiger charge is -2.10. The van der Waals surface area contributed by atoms with Crippen molar-refractivity contribution in [2.24, 2.45) is 0 Å². The van der Waals surface area contributed by atoms with Crippen LogP contribution < -0.4 is 4.72 Å². The summed E-state index contributed by atoms with van der Waals surface area (Å²) in [6.07, 6.45) is 0. The molecule has 21 heavy (non-hydrogen) atoms. The summed E-state index contributed by atoms with van der Waals surface area (Å²) in [6.45, 7) is 1.82. The van der Waals surface area contributed by atoms with Crippen molar-refractivity contribution in [1.82, 2.24) is 4.72 Å². The smallest absolute Gasteiger partial charge is 0.337 e. The zero-order valence-corrected chi connectivity index (χ0v) is 12.2. The maximum Gasteiger partial charge on any atom is 0.337 e. The number of hydrogen-bond acceptors (Lipinski definition) is 3. The Bertz CT molecular complexity index is 754. The quantitative estimate of drug-likeness (QED) is 0.887. The van der Waals surface area contributed by atoms with Crippen molar-refractivity contribution in [2.45, 2.75) is 18.4 Å². The Kier molecular flexibility index (Phi) is 4.40. The van der Waals surface area contributed by atoms with Crippen LogP contribution in [0.1, 0.15) is 21.5 Å². The van der Waals surface area contributed by atoms with Gasteiger partial charge in [0.05, 0.1) is 10.5 Å². The SMILES string of the molecule is Cc1ccc(S(=O)(=O)NCc2ccccc2)c(C(=O)O)c1. The van der Waals surface area contributed by atoms with Gasteiger partial charge in [0.25, 0.3) is 0 Å². The van der Waals surface area contributed by atoms with E-state index in [-0.39, 0.29) is 17.0 Å². The van der Waals surface area contributed by atoms with E-state index in [0.29, 0.717) is 5.56 Å². The third kappa shape index (κ3) is 3.68. The summed E-state index contributed by atoms with van der Waals surface area (Å²) in [5.41, 5.74) is 1.26. The van der Waals surface area contributed by atoms with Crippen LogP contribution in [0.5, 0.6) is 0 Å². The number of hydrogen-bond donors (Lipinski definition) is 2. The predicted octanol–water partition coefficient (Wildman–Crippen LogP) is 2.17. The maximum absolute atomic E-state index is 12.3. The summed E-state index contributed by atoms with van der Waals surface area (Å²) in [7, 11) is -3.88. The fourth-order valence-corrected chi connectivity index (χ4v) is 3.09. The highest BCUT2D eigenvalue weighted by atomic mass is 32.2. The minimum absolute atomic E-state index is 0.107. The molecule has 0 atom stereocenters. The number of carbonyl (C=O) groups is 1. The zero-order valence-electron chi connectivity index (χ0n) is 11.4. The first-order valence-corrected chi connectivity index (χ1v) is 7.76. The van der Waals surface area contributed by atoms with Gasteiger partial charge >= 0.3 is 5.97 Å². The normalized spacial score (nSPS) is 11.3. The van der Waals surface area contributed by atoms with Gasteiger partial charge in [-0.3, -0.25) is 0 Å². The summed E-state index contributed by atoms with van der Waals surface area (Å²) >= 11 is 0. The molecular formula is C15H15NO4S. The van der Waals surface area contributed by atoms with Crippen molar-refractivity contribution >= 4 is 16.0 Å². The summed E-state index contributed by atoms with van der Waals surface area (Å²) < 4.78 is 27.0. The minimum atomic E-state index is -3.88. The molecule has 5 nitrogen and oxygen atoms in total. The Morgan fingerprint density at radius 1 is 1.14 bits per heavy atom. The van der Waals surface area contributed by atoms with Gasteiger partial charge < -0.3 is 5.11 Å². The fourth-order valence-electron chi connectivity index (χ4n) is 1.90. The van der Waals surface area contributed by atoms with E-state index in [1.54, 1.807) is 37.3 Å². The molecule has 0 unspecified atom stereocenters. The summed E-state index contributed by atoms with van der Waals surface area (Å²) in [6, 6.07) is 13.2. The molecule has 6 heteroatoms. The average Bonchev–Trinajstić information content (AvgIpc) is 2.46. The molecular weight excluding hydrogens is 290 g/mol. The van der Waals surface area contributed by atoms with E-state index in [1.165, 1.54) is 12.1 Å². The van der Waals surface area contributed by atoms with Crippen molar-refractivity contribution in [1.29, 1.82) is 0 Å². The number of carboxylic acids is 1. The Morgan fingerprint density at radius 3 is 2.43 bits per heavy atom. The van der Waals surface area contributed by atoms with Crippen LogP contribution in [-0.2, 0) is 16.6 Å². The molecule has 2 N–H and O–H groups in total. The molecule has 0 radical (unpaired) electrons. The third-order valence-corrected chi connectivity index (χ3v) is 4.42. The van der Waals surface area contributed by atoms with Crippen molar-refractivity contribution in [3.63, 3.8) is 0 Å². The van der Waals surface area contributed by atoms with E-state index in [4.69, 9.17) is 5.11 Å². The van der Waals surface area contributed by atoms with E-state index < -0.39 is 16.0 Å². The van der Waals surface area contributed by atoms with E-state index in [1.807, 2.05) is 6.07 Å². The zero-order chi connectivity index (χ0) is 15.5. The Balaban J connectivity index is 2.30. The molecule has 0 aromatic heterocycles. The van der Waals surface area contributed by atoms with Crippen molar-refractivity contribution in [2.75, 3.05) is 0 Å². The number of sulfonamides is 1. The summed E-state index contributed by atoms with van der Waals surface area (Å²) in [4.78, 5) is 11.0. The highest BCUT2D eigenvalue weighted by Crippen LogP contribution is 2.18. The highest BCUT2D eigenvalue weighted by molar-refractivity contribution is 7.89. The van der Waals surface area contributed by atoms with Gasteiger partial charge in [0, 0.05) is 6.54 Å². The third-order valence-electron chi connectivity index (χ3n) is 2.96. The predicted molar refractivity (Wildman–Crippen MR) is 78.6 cm³/mol. The monoisotopic (exact) mass is 305 g/mol. The molecule has 0 bridgehead atoms. The average molecular weight is 305 g/mol. The highest BCUT2D eigenvalue weighted by Gasteiger charge is 2.22. The van der Waals surface area contributed by atoms with Crippen LogP contribution in [0.2, 0.25) is 0 Å². The first-order chi connectivity index (χ1) is 9.90. The number of nitrogens with one attached hydrogen (secondary N) is 1. The van der Waals surface area contributed by atoms with Gasteiger partial charge in [0.1, 0.15) is 0 Å². The molecule has 2 rings (SSSR count). The largest absolute Gasteiger partial charge is 0.478 e. The molecule has 0 saturated carbocycles. The van der Waals surface area contributed by atoms with Gasteiger partial charge in [0.15, 0.2) is 0 Å². The van der Waals surface area contributed by atoms with Crippen LogP contribution in [0.4, 0.5) is 0 Å². The summed E-state index contributed by atoms with van der Waals surface area (Å²) in [5.74, 6) is -1.27. The topological polar surface area (TPSA) is 83.5 Å². The molecule has 110 valence electrons. The fraction of sp³-hybridized carbons (Fsp3) is 0.133. The van der Waals surface area contributed by atoms with Crippen LogP contribution in [0, 0.1) is 6.92 Å². The molecule has 0 amide bonds. The van der Waals surface area contributed by atoms with Gasteiger partial charge in [-0.2, -0.15) is 0 Å². The van der Waals surface area contributed by atoms with E-state index in [0.717, 1.165) is 5.56 Å². The molecule has 0 aliphatic heterocycles. The Labute approximate surface area is 123 Å². The second kappa shape index (κ2) is 6.07. The molecule has 0 spiro atoms. The lowest BCUT2D eigenvalue weighted by molar-refractivity contribution is 0.0692. The molecule has 0 aliphatic carbocycles. The van der Waals surface area contributed by atoms with Crippen molar-refractivity contribution < 1.29 is 18.3 Å². The van der Waals surface area contributed by atoms with E-state index in [2.05, 4.69) is 4.72 Å². The van der Waals surface area contributed by atoms with Crippen LogP contribution in [0.25, 0.3) is 0 Å². The first kappa shape index (κ1) is 15.2. The number of carboxylic acid groups (broad SMARTS) is 1. The second-order valence-electron chi connectivity index (χ2n) is 4.61. The molecule has 0 heterocycles. The van der Waals surface area contributed by atoms with Crippen LogP contribution in [0.3, 0.4) is 0 Å². The van der Waals surface area contributed by atoms with Gasteiger partial charge in [-0.05, 0) is 24.6 Å². The van der Waals surface area contributed by atoms with Gasteiger partial charge in [-0.15, -0.1) is 0 Å². The number of benzene rings is 2. The second-order valence-corrected chi connectivity index (χ2v) is 6.35. The Morgan fingerprint density at radius 2 is 1.81 bits per heavy atom. The Hall–Kier alpha value is -2.18. The van der Waals surface area contributed by atoms with Gasteiger partial charge in [-0.25, -0.2) is 17.9 Å². The lowest BCUT2D eigenvalue weighted by Crippen LogP contribution is -2.25. The van der Waals surface area contributed by atoms with Crippen molar-refractivity contribution in [3.8, 4) is 0 Å². The molecule has 2 aromatic rings. The number of aryl methyl sites for hydroxylation is 1. The van der Waals surface area contributed by atoms with Crippen LogP contribution in [0.15, 0.2) is 53.4 Å². The molecule has 0 fully saturated rings. The lowest BCUT2D eigenvalue weighted by atomic mass is 10.1. The van der Waals surface area contributed by atoms with Crippen LogP contribution in [-0.4, -0.2) is 19.5 Å². The molecule has 0 aliphatic rings. The standard InChI is InChI=1S/C15H15NO4S/c1-11-7-8-14(13(9-11)15(17)18)21(19,20)16-10-12-5-3-2-4-6-12/h2-9,16H,10H2,1H3,(H,17,18). The van der Waals surface area contributed by atoms with E-state index in [9.17, 15) is 13.2 Å². The van der Waals surface area contributed by atoms with Gasteiger partial charge in [0.2, 0.25) is 10.0 Å². The maximum atomic E-state index is 12.3. The van der Waals surface area contributed by atoms with Gasteiger partial charge in [-0.1, -0.05) is 42.0 Å². The van der Waals surface area contributed by atoms with Crippen molar-refractivity contribution in [3.05, 3.63) is 65.2 Å². The first-order valence-electron chi connectivity index (χ1n) is 6.28. The summed E-state index contributed by atoms with van der Waals surface area (Å²) in [5, 5.41) is 9.15. The molecule has 0 saturated heterocycles. The van der Waals surface area contributed by atoms with Crippen LogP contribution >= 0.6 is 0 Å². The number of aromatic carboxylic acids is 1.